The van der Waals surface area contributed by atoms with Crippen LogP contribution in [0.5, 0.6) is 0 Å². The van der Waals surface area contributed by atoms with Crippen molar-refractivity contribution in [2.24, 2.45) is 5.92 Å². The van der Waals surface area contributed by atoms with E-state index in [4.69, 9.17) is 9.47 Å². The van der Waals surface area contributed by atoms with Crippen LogP contribution in [-0.4, -0.2) is 36.8 Å². The van der Waals surface area contributed by atoms with E-state index >= 15 is 0 Å². The van der Waals surface area contributed by atoms with Crippen LogP contribution in [0.4, 0.5) is 0 Å². The monoisotopic (exact) mass is 203 g/mol. The highest BCUT2D eigenvalue weighted by Gasteiger charge is 2.42. The second-order valence-corrected chi connectivity index (χ2v) is 3.33. The Balaban J connectivity index is 2.64. The van der Waals surface area contributed by atoms with Crippen LogP contribution in [0, 0.1) is 16.0 Å². The van der Waals surface area contributed by atoms with E-state index in [1.807, 2.05) is 0 Å². The van der Waals surface area contributed by atoms with Gasteiger partial charge in [0, 0.05) is 11.3 Å². The summed E-state index contributed by atoms with van der Waals surface area (Å²) in [5, 5.41) is 10.4. The minimum Gasteiger partial charge on any atom is -0.347 e. The Bertz CT molecular complexity index is 224. The summed E-state index contributed by atoms with van der Waals surface area (Å²) >= 11 is 0. The zero-order chi connectivity index (χ0) is 10.6. The van der Waals surface area contributed by atoms with Crippen molar-refractivity contribution < 1.29 is 19.2 Å². The van der Waals surface area contributed by atoms with Gasteiger partial charge in [0.2, 0.25) is 6.54 Å². The normalized spacial score (nSPS) is 21.8. The number of aldehydes is 1. The molecule has 1 rings (SSSR count). The summed E-state index contributed by atoms with van der Waals surface area (Å²) in [6, 6.07) is 0. The molecule has 1 aliphatic rings. The molecule has 0 saturated carbocycles. The molecule has 0 N–H and O–H groups in total. The van der Waals surface area contributed by atoms with E-state index in [-0.39, 0.29) is 13.0 Å². The van der Waals surface area contributed by atoms with Crippen LogP contribution in [0.3, 0.4) is 0 Å². The predicted octanol–water partition coefficient (Wildman–Crippen LogP) is 0.231. The molecule has 1 saturated heterocycles. The van der Waals surface area contributed by atoms with Crippen molar-refractivity contribution in [2.75, 3.05) is 19.8 Å². The molecule has 0 bridgehead atoms. The van der Waals surface area contributed by atoms with Crippen LogP contribution in [0.15, 0.2) is 0 Å². The molecule has 0 amide bonds. The summed E-state index contributed by atoms with van der Waals surface area (Å²) in [5.74, 6) is -1.49. The first-order valence-electron chi connectivity index (χ1n) is 4.42. The second kappa shape index (κ2) is 4.47. The summed E-state index contributed by atoms with van der Waals surface area (Å²) < 4.78 is 10.5. The van der Waals surface area contributed by atoms with E-state index in [1.165, 1.54) is 0 Å². The van der Waals surface area contributed by atoms with E-state index in [1.54, 1.807) is 6.92 Å². The Morgan fingerprint density at radius 1 is 1.57 bits per heavy atom. The number of nitro groups is 1. The van der Waals surface area contributed by atoms with Crippen molar-refractivity contribution in [1.29, 1.82) is 0 Å². The Kier molecular flexibility index (Phi) is 3.54. The predicted molar refractivity (Wildman–Crippen MR) is 46.3 cm³/mol. The number of hydrogen-bond acceptors (Lipinski definition) is 5. The first-order valence-corrected chi connectivity index (χ1v) is 4.42. The van der Waals surface area contributed by atoms with Gasteiger partial charge in [0.05, 0.1) is 19.1 Å². The van der Waals surface area contributed by atoms with Crippen molar-refractivity contribution in [1.82, 2.24) is 0 Å². The average molecular weight is 203 g/mol. The Labute approximate surface area is 81.3 Å². The lowest BCUT2D eigenvalue weighted by Crippen LogP contribution is -2.40. The summed E-state index contributed by atoms with van der Waals surface area (Å²) in [6.07, 6.45) is 0.738. The van der Waals surface area contributed by atoms with E-state index in [9.17, 15) is 14.9 Å². The lowest BCUT2D eigenvalue weighted by molar-refractivity contribution is -0.496. The molecule has 1 atom stereocenters. The third-order valence-corrected chi connectivity index (χ3v) is 2.35. The standard InChI is InChI=1S/C8H13NO5/c1-8(13-4-5-14-8)7(2-3-10)6-9(11)12/h3,7H,2,4-6H2,1H3. The number of ether oxygens (including phenoxy) is 2. The van der Waals surface area contributed by atoms with Crippen molar-refractivity contribution in [3.63, 3.8) is 0 Å². The van der Waals surface area contributed by atoms with Gasteiger partial charge in [0.25, 0.3) is 0 Å². The van der Waals surface area contributed by atoms with E-state index in [0.717, 1.165) is 0 Å². The quantitative estimate of drug-likeness (QED) is 0.363. The molecule has 0 aromatic carbocycles. The number of rotatable bonds is 5. The lowest BCUT2D eigenvalue weighted by Gasteiger charge is -2.28. The largest absolute Gasteiger partial charge is 0.347 e. The molecule has 0 aromatic rings. The summed E-state index contributed by atoms with van der Waals surface area (Å²) in [4.78, 5) is 20.3. The average Bonchev–Trinajstić information content (AvgIpc) is 2.52. The van der Waals surface area contributed by atoms with E-state index in [0.29, 0.717) is 19.5 Å². The van der Waals surface area contributed by atoms with Gasteiger partial charge in [0.15, 0.2) is 5.79 Å². The number of nitrogens with zero attached hydrogens (tertiary/aromatic N) is 1. The minimum absolute atomic E-state index is 0.0808. The molecule has 0 aromatic heterocycles. The maximum absolute atomic E-state index is 10.4. The molecule has 0 aliphatic carbocycles. The minimum atomic E-state index is -0.978. The van der Waals surface area contributed by atoms with Gasteiger partial charge in [-0.25, -0.2) is 0 Å². The zero-order valence-electron chi connectivity index (χ0n) is 7.97. The molecular formula is C8H13NO5. The highest BCUT2D eigenvalue weighted by Crippen LogP contribution is 2.29. The topological polar surface area (TPSA) is 78.7 Å². The molecule has 14 heavy (non-hydrogen) atoms. The van der Waals surface area contributed by atoms with Crippen molar-refractivity contribution in [3.05, 3.63) is 10.1 Å². The summed E-state index contributed by atoms with van der Waals surface area (Å²) in [6.45, 7) is 2.17. The van der Waals surface area contributed by atoms with Crippen LogP contribution >= 0.6 is 0 Å². The molecule has 0 spiro atoms. The molecule has 1 aliphatic heterocycles. The molecule has 1 unspecified atom stereocenters. The van der Waals surface area contributed by atoms with Gasteiger partial charge in [-0.2, -0.15) is 0 Å². The Morgan fingerprint density at radius 2 is 2.14 bits per heavy atom. The van der Waals surface area contributed by atoms with Crippen LogP contribution in [0.1, 0.15) is 13.3 Å². The summed E-state index contributed by atoms with van der Waals surface area (Å²) in [5.41, 5.74) is 0. The zero-order valence-corrected chi connectivity index (χ0v) is 7.97. The van der Waals surface area contributed by atoms with Crippen molar-refractivity contribution in [2.45, 2.75) is 19.1 Å². The molecular weight excluding hydrogens is 190 g/mol. The molecule has 1 heterocycles. The second-order valence-electron chi connectivity index (χ2n) is 3.33. The van der Waals surface area contributed by atoms with Crippen molar-refractivity contribution >= 4 is 6.29 Å². The highest BCUT2D eigenvalue weighted by molar-refractivity contribution is 5.50. The van der Waals surface area contributed by atoms with Crippen LogP contribution in [-0.2, 0) is 14.3 Å². The van der Waals surface area contributed by atoms with E-state index in [2.05, 4.69) is 0 Å². The first-order chi connectivity index (χ1) is 6.58. The fourth-order valence-corrected chi connectivity index (χ4v) is 1.52. The maximum Gasteiger partial charge on any atom is 0.212 e. The SMILES string of the molecule is CC1(C(CC=O)C[N+](=O)[O-])OCCO1. The molecule has 80 valence electrons. The Morgan fingerprint density at radius 3 is 2.57 bits per heavy atom. The highest BCUT2D eigenvalue weighted by atomic mass is 16.7. The molecule has 1 fully saturated rings. The van der Waals surface area contributed by atoms with E-state index < -0.39 is 16.6 Å². The number of hydrogen-bond donors (Lipinski definition) is 0. The fraction of sp³-hybridized carbons (Fsp3) is 0.875. The van der Waals surface area contributed by atoms with Crippen LogP contribution in [0.2, 0.25) is 0 Å². The van der Waals surface area contributed by atoms with Gasteiger partial charge in [-0.05, 0) is 6.92 Å². The van der Waals surface area contributed by atoms with Gasteiger partial charge in [0.1, 0.15) is 6.29 Å². The molecule has 6 heteroatoms. The van der Waals surface area contributed by atoms with Gasteiger partial charge in [-0.3, -0.25) is 10.1 Å². The Hall–Kier alpha value is -1.01. The molecule has 0 radical (unpaired) electrons. The van der Waals surface area contributed by atoms with Crippen LogP contribution < -0.4 is 0 Å². The molecule has 6 nitrogen and oxygen atoms in total. The van der Waals surface area contributed by atoms with Gasteiger partial charge >= 0.3 is 0 Å². The van der Waals surface area contributed by atoms with Gasteiger partial charge < -0.3 is 14.3 Å². The van der Waals surface area contributed by atoms with Gasteiger partial charge in [-0.1, -0.05) is 0 Å². The number of carbonyl (C=O) groups excluding carboxylic acids is 1. The maximum atomic E-state index is 10.4. The van der Waals surface area contributed by atoms with Gasteiger partial charge in [-0.15, -0.1) is 0 Å². The third-order valence-electron chi connectivity index (χ3n) is 2.35. The van der Waals surface area contributed by atoms with Crippen molar-refractivity contribution in [3.8, 4) is 0 Å². The number of carbonyl (C=O) groups is 1. The van der Waals surface area contributed by atoms with Crippen LogP contribution in [0.25, 0.3) is 0 Å². The summed E-state index contributed by atoms with van der Waals surface area (Å²) in [7, 11) is 0. The smallest absolute Gasteiger partial charge is 0.212 e. The fourth-order valence-electron chi connectivity index (χ4n) is 1.52. The lowest BCUT2D eigenvalue weighted by atomic mass is 9.97. The third kappa shape index (κ3) is 2.49. The first kappa shape index (κ1) is 11.1.